The first-order valence-electron chi connectivity index (χ1n) is 5.52. The smallest absolute Gasteiger partial charge is 0.247 e. The topological polar surface area (TPSA) is 97.5 Å². The number of sulfone groups is 1. The molecule has 0 fully saturated rings. The Morgan fingerprint density at radius 3 is 2.40 bits per heavy atom. The van der Waals surface area contributed by atoms with Crippen molar-refractivity contribution < 1.29 is 16.8 Å². The van der Waals surface area contributed by atoms with Gasteiger partial charge in [-0.3, -0.25) is 0 Å². The Kier molecular flexibility index (Phi) is 4.66. The molecule has 2 heterocycles. The van der Waals surface area contributed by atoms with Gasteiger partial charge in [-0.15, -0.1) is 23.7 Å². The van der Waals surface area contributed by atoms with E-state index >= 15 is 0 Å². The molecular formula is C10H17ClN2O4S3. The maximum absolute atomic E-state index is 12.5. The number of fused-ring (bicyclic) bond motifs is 1. The fourth-order valence-electron chi connectivity index (χ4n) is 2.41. The van der Waals surface area contributed by atoms with E-state index in [1.54, 1.807) is 6.92 Å². The Balaban J connectivity index is 0.00000200. The summed E-state index contributed by atoms with van der Waals surface area (Å²) in [6.07, 6.45) is 0.314. The summed E-state index contributed by atoms with van der Waals surface area (Å²) in [5, 5.41) is 5.03. The third-order valence-corrected chi connectivity index (χ3v) is 8.76. The lowest BCUT2D eigenvalue weighted by Gasteiger charge is -2.26. The third-order valence-electron chi connectivity index (χ3n) is 3.14. The first-order valence-corrected chi connectivity index (χ1v) is 9.37. The van der Waals surface area contributed by atoms with E-state index in [1.165, 1.54) is 6.07 Å². The van der Waals surface area contributed by atoms with Crippen molar-refractivity contribution >= 4 is 43.6 Å². The molecule has 6 nitrogen and oxygen atoms in total. The van der Waals surface area contributed by atoms with Crippen molar-refractivity contribution in [1.29, 1.82) is 0 Å². The standard InChI is InChI=1S/C10H16N2O4S3.ClH/c1-10(6-12(2)3)5-7-4-8(19(11,15)16)17-9(7)18(10,13)14;/h4H,5-6H2,1-3H3,(H2,11,15,16);1H. The number of hydrogen-bond donors (Lipinski definition) is 1. The summed E-state index contributed by atoms with van der Waals surface area (Å²) in [5.74, 6) is 0. The van der Waals surface area contributed by atoms with Gasteiger partial charge in [0.1, 0.15) is 8.42 Å². The molecule has 1 unspecified atom stereocenters. The van der Waals surface area contributed by atoms with E-state index in [4.69, 9.17) is 5.14 Å². The molecule has 2 rings (SSSR count). The zero-order valence-corrected chi connectivity index (χ0v) is 14.5. The van der Waals surface area contributed by atoms with Gasteiger partial charge in [0.2, 0.25) is 10.0 Å². The minimum Gasteiger partial charge on any atom is -0.308 e. The van der Waals surface area contributed by atoms with Crippen LogP contribution in [0.15, 0.2) is 14.5 Å². The van der Waals surface area contributed by atoms with E-state index in [0.717, 1.165) is 11.3 Å². The fourth-order valence-corrected chi connectivity index (χ4v) is 7.24. The van der Waals surface area contributed by atoms with E-state index in [1.807, 2.05) is 19.0 Å². The number of nitrogens with two attached hydrogens (primary N) is 1. The van der Waals surface area contributed by atoms with Crippen LogP contribution in [0.25, 0.3) is 0 Å². The van der Waals surface area contributed by atoms with Crippen molar-refractivity contribution in [2.75, 3.05) is 20.6 Å². The highest BCUT2D eigenvalue weighted by Crippen LogP contribution is 2.44. The number of primary sulfonamides is 1. The van der Waals surface area contributed by atoms with Crippen LogP contribution in [0.5, 0.6) is 0 Å². The van der Waals surface area contributed by atoms with Crippen molar-refractivity contribution in [3.05, 3.63) is 11.6 Å². The highest BCUT2D eigenvalue weighted by Gasteiger charge is 2.49. The molecule has 0 spiro atoms. The summed E-state index contributed by atoms with van der Waals surface area (Å²) in [6, 6.07) is 1.38. The molecule has 20 heavy (non-hydrogen) atoms. The van der Waals surface area contributed by atoms with Crippen LogP contribution in [-0.2, 0) is 26.3 Å². The van der Waals surface area contributed by atoms with Gasteiger partial charge < -0.3 is 4.90 Å². The molecule has 10 heteroatoms. The predicted molar refractivity (Wildman–Crippen MR) is 80.8 cm³/mol. The van der Waals surface area contributed by atoms with E-state index in [2.05, 4.69) is 0 Å². The van der Waals surface area contributed by atoms with E-state index in [-0.39, 0.29) is 20.8 Å². The fraction of sp³-hybridized carbons (Fsp3) is 0.600. The van der Waals surface area contributed by atoms with Crippen molar-refractivity contribution in [2.24, 2.45) is 5.14 Å². The molecule has 1 aliphatic rings. The second-order valence-electron chi connectivity index (χ2n) is 5.29. The summed E-state index contributed by atoms with van der Waals surface area (Å²) >= 11 is 0.746. The molecule has 1 aromatic rings. The molecule has 0 amide bonds. The lowest BCUT2D eigenvalue weighted by atomic mass is 10.0. The highest BCUT2D eigenvalue weighted by atomic mass is 35.5. The highest BCUT2D eigenvalue weighted by molar-refractivity contribution is 7.96. The zero-order valence-electron chi connectivity index (χ0n) is 11.3. The number of nitrogens with zero attached hydrogens (tertiary/aromatic N) is 1. The molecule has 0 bridgehead atoms. The number of rotatable bonds is 3. The van der Waals surface area contributed by atoms with Crippen LogP contribution in [0.1, 0.15) is 12.5 Å². The van der Waals surface area contributed by atoms with Crippen LogP contribution in [0, 0.1) is 0 Å². The molecule has 1 aliphatic heterocycles. The van der Waals surface area contributed by atoms with Gasteiger partial charge in [0.15, 0.2) is 9.84 Å². The number of thiophene rings is 1. The van der Waals surface area contributed by atoms with Gasteiger partial charge in [0, 0.05) is 6.54 Å². The first kappa shape index (κ1) is 17.9. The van der Waals surface area contributed by atoms with Crippen molar-refractivity contribution in [1.82, 2.24) is 4.90 Å². The minimum absolute atomic E-state index is 0. The molecule has 2 N–H and O–H groups in total. The lowest BCUT2D eigenvalue weighted by molar-refractivity contribution is 0.352. The van der Waals surface area contributed by atoms with Crippen molar-refractivity contribution in [3.63, 3.8) is 0 Å². The summed E-state index contributed by atoms with van der Waals surface area (Å²) < 4.78 is 46.7. The Hall–Kier alpha value is -0.190. The van der Waals surface area contributed by atoms with Gasteiger partial charge in [-0.2, -0.15) is 0 Å². The number of sulfonamides is 1. The van der Waals surface area contributed by atoms with Crippen LogP contribution >= 0.6 is 23.7 Å². The van der Waals surface area contributed by atoms with Crippen LogP contribution in [0.3, 0.4) is 0 Å². The Morgan fingerprint density at radius 2 is 2.00 bits per heavy atom. The summed E-state index contributed by atoms with van der Waals surface area (Å²) in [4.78, 5) is 1.81. The largest absolute Gasteiger partial charge is 0.308 e. The van der Waals surface area contributed by atoms with Gasteiger partial charge in [-0.25, -0.2) is 22.0 Å². The SMILES string of the molecule is CN(C)CC1(C)Cc2cc(S(N)(=O)=O)sc2S1(=O)=O.Cl. The van der Waals surface area contributed by atoms with Gasteiger partial charge >= 0.3 is 0 Å². The van der Waals surface area contributed by atoms with Gasteiger partial charge in [0.25, 0.3) is 0 Å². The predicted octanol–water partition coefficient (Wildman–Crippen LogP) is 0.467. The quantitative estimate of drug-likeness (QED) is 0.844. The van der Waals surface area contributed by atoms with E-state index in [0.29, 0.717) is 18.5 Å². The second-order valence-corrected chi connectivity index (χ2v) is 10.8. The molecule has 116 valence electrons. The van der Waals surface area contributed by atoms with Crippen LogP contribution in [-0.4, -0.2) is 47.1 Å². The number of halogens is 1. The third kappa shape index (κ3) is 2.75. The average molecular weight is 361 g/mol. The molecule has 0 saturated carbocycles. The number of hydrogen-bond acceptors (Lipinski definition) is 6. The maximum atomic E-state index is 12.5. The van der Waals surface area contributed by atoms with Crippen molar-refractivity contribution in [2.45, 2.75) is 26.5 Å². The molecule has 0 radical (unpaired) electrons. The molecule has 0 saturated heterocycles. The first-order chi connectivity index (χ1) is 8.47. The lowest BCUT2D eigenvalue weighted by Crippen LogP contribution is -2.42. The Morgan fingerprint density at radius 1 is 1.45 bits per heavy atom. The van der Waals surface area contributed by atoms with Gasteiger partial charge in [-0.05, 0) is 39.1 Å². The monoisotopic (exact) mass is 360 g/mol. The van der Waals surface area contributed by atoms with Gasteiger partial charge in [-0.1, -0.05) is 0 Å². The summed E-state index contributed by atoms with van der Waals surface area (Å²) in [5.41, 5.74) is 0.554. The van der Waals surface area contributed by atoms with Crippen molar-refractivity contribution in [3.8, 4) is 0 Å². The molecule has 0 aliphatic carbocycles. The maximum Gasteiger partial charge on any atom is 0.247 e. The summed E-state index contributed by atoms with van der Waals surface area (Å²) in [6.45, 7) is 2.08. The average Bonchev–Trinajstić information content (AvgIpc) is 2.65. The normalized spacial score (nSPS) is 24.4. The molecular weight excluding hydrogens is 344 g/mol. The second kappa shape index (κ2) is 5.22. The Labute approximate surface area is 129 Å². The zero-order chi connectivity index (χ0) is 14.6. The van der Waals surface area contributed by atoms with Crippen LogP contribution in [0.4, 0.5) is 0 Å². The molecule has 0 aromatic carbocycles. The Bertz CT molecular complexity index is 724. The molecule has 1 atom stereocenters. The molecule has 1 aromatic heterocycles. The van der Waals surface area contributed by atoms with Crippen LogP contribution in [0.2, 0.25) is 0 Å². The minimum atomic E-state index is -3.85. The van der Waals surface area contributed by atoms with E-state index in [9.17, 15) is 16.8 Å². The van der Waals surface area contributed by atoms with E-state index < -0.39 is 24.6 Å². The van der Waals surface area contributed by atoms with Crippen LogP contribution < -0.4 is 5.14 Å². The van der Waals surface area contributed by atoms with Gasteiger partial charge in [0.05, 0.1) is 4.75 Å². The summed E-state index contributed by atoms with van der Waals surface area (Å²) in [7, 11) is -3.75.